The van der Waals surface area contributed by atoms with E-state index in [9.17, 15) is 4.21 Å². The van der Waals surface area contributed by atoms with Crippen LogP contribution in [0.3, 0.4) is 0 Å². The topological polar surface area (TPSA) is 47.8 Å². The summed E-state index contributed by atoms with van der Waals surface area (Å²) in [5.74, 6) is 1.68. The van der Waals surface area contributed by atoms with Crippen LogP contribution in [-0.4, -0.2) is 30.8 Å². The molecule has 6 heteroatoms. The first kappa shape index (κ1) is 12.5. The highest BCUT2D eigenvalue weighted by atomic mass is 35.5. The van der Waals surface area contributed by atoms with Crippen LogP contribution in [0.5, 0.6) is 0 Å². The SMILES string of the molecule is CC(CS(C)=O)n1c(CCl)nc2cccnc21. The van der Waals surface area contributed by atoms with Crippen LogP contribution in [0.1, 0.15) is 18.8 Å². The van der Waals surface area contributed by atoms with Gasteiger partial charge in [0.2, 0.25) is 0 Å². The van der Waals surface area contributed by atoms with E-state index < -0.39 is 10.8 Å². The molecule has 2 atom stereocenters. The van der Waals surface area contributed by atoms with E-state index in [4.69, 9.17) is 11.6 Å². The summed E-state index contributed by atoms with van der Waals surface area (Å²) >= 11 is 5.90. The lowest BCUT2D eigenvalue weighted by molar-refractivity contribution is 0.590. The summed E-state index contributed by atoms with van der Waals surface area (Å²) in [4.78, 5) is 8.75. The van der Waals surface area contributed by atoms with E-state index >= 15 is 0 Å². The van der Waals surface area contributed by atoms with Crippen molar-refractivity contribution in [3.05, 3.63) is 24.2 Å². The number of alkyl halides is 1. The molecule has 0 aromatic carbocycles. The fourth-order valence-electron chi connectivity index (χ4n) is 1.95. The van der Waals surface area contributed by atoms with Crippen LogP contribution in [0.15, 0.2) is 18.3 Å². The molecule has 2 aromatic heterocycles. The maximum atomic E-state index is 11.3. The zero-order chi connectivity index (χ0) is 12.4. The maximum Gasteiger partial charge on any atom is 0.160 e. The van der Waals surface area contributed by atoms with E-state index in [1.165, 1.54) is 0 Å². The Morgan fingerprint density at radius 1 is 1.59 bits per heavy atom. The highest BCUT2D eigenvalue weighted by Gasteiger charge is 2.16. The van der Waals surface area contributed by atoms with Crippen LogP contribution < -0.4 is 0 Å². The molecule has 2 rings (SSSR count). The van der Waals surface area contributed by atoms with Crippen molar-refractivity contribution in [1.29, 1.82) is 0 Å². The minimum Gasteiger partial charge on any atom is -0.308 e. The molecule has 0 saturated heterocycles. The lowest BCUT2D eigenvalue weighted by Crippen LogP contribution is -2.15. The molecule has 0 aliphatic rings. The van der Waals surface area contributed by atoms with Crippen molar-refractivity contribution >= 4 is 33.6 Å². The Bertz CT molecular complexity index is 555. The molecule has 0 amide bonds. The average molecular weight is 272 g/mol. The van der Waals surface area contributed by atoms with Gasteiger partial charge < -0.3 is 4.57 Å². The summed E-state index contributed by atoms with van der Waals surface area (Å²) in [6.07, 6.45) is 3.43. The predicted molar refractivity (Wildman–Crippen MR) is 70.7 cm³/mol. The number of rotatable bonds is 4. The molecular formula is C11H14ClN3OS. The minimum atomic E-state index is -0.853. The number of imidazole rings is 1. The molecule has 2 unspecified atom stereocenters. The number of aromatic nitrogens is 3. The van der Waals surface area contributed by atoms with Crippen LogP contribution in [0.25, 0.3) is 11.2 Å². The summed E-state index contributed by atoms with van der Waals surface area (Å²) in [5.41, 5.74) is 1.64. The van der Waals surface area contributed by atoms with Crippen LogP contribution in [0, 0.1) is 0 Å². The maximum absolute atomic E-state index is 11.3. The van der Waals surface area contributed by atoms with Crippen molar-refractivity contribution in [1.82, 2.24) is 14.5 Å². The van der Waals surface area contributed by atoms with E-state index in [0.29, 0.717) is 11.6 Å². The lowest BCUT2D eigenvalue weighted by atomic mass is 10.3. The fourth-order valence-corrected chi connectivity index (χ4v) is 2.97. The van der Waals surface area contributed by atoms with Crippen molar-refractivity contribution in [3.63, 3.8) is 0 Å². The van der Waals surface area contributed by atoms with Gasteiger partial charge in [0.05, 0.1) is 5.88 Å². The monoisotopic (exact) mass is 271 g/mol. The van der Waals surface area contributed by atoms with Gasteiger partial charge in [-0.25, -0.2) is 9.97 Å². The van der Waals surface area contributed by atoms with Gasteiger partial charge in [-0.15, -0.1) is 11.6 Å². The molecular weight excluding hydrogens is 258 g/mol. The smallest absolute Gasteiger partial charge is 0.160 e. The highest BCUT2D eigenvalue weighted by Crippen LogP contribution is 2.20. The molecule has 0 N–H and O–H groups in total. The largest absolute Gasteiger partial charge is 0.308 e. The van der Waals surface area contributed by atoms with Crippen molar-refractivity contribution in [2.45, 2.75) is 18.8 Å². The van der Waals surface area contributed by atoms with E-state index in [1.54, 1.807) is 12.5 Å². The van der Waals surface area contributed by atoms with E-state index in [1.807, 2.05) is 23.6 Å². The van der Waals surface area contributed by atoms with E-state index in [0.717, 1.165) is 17.0 Å². The second kappa shape index (κ2) is 5.14. The Balaban J connectivity index is 2.53. The quantitative estimate of drug-likeness (QED) is 0.800. The second-order valence-corrected chi connectivity index (χ2v) is 5.71. The number of hydrogen-bond donors (Lipinski definition) is 0. The van der Waals surface area contributed by atoms with Gasteiger partial charge in [-0.2, -0.15) is 0 Å². The normalized spacial score (nSPS) is 15.0. The molecule has 0 bridgehead atoms. The molecule has 0 fully saturated rings. The summed E-state index contributed by atoms with van der Waals surface area (Å²) in [5, 5.41) is 0. The van der Waals surface area contributed by atoms with Gasteiger partial charge >= 0.3 is 0 Å². The van der Waals surface area contributed by atoms with E-state index in [-0.39, 0.29) is 6.04 Å². The zero-order valence-electron chi connectivity index (χ0n) is 9.76. The number of nitrogens with zero attached hydrogens (tertiary/aromatic N) is 3. The van der Waals surface area contributed by atoms with Gasteiger partial charge in [0.15, 0.2) is 5.65 Å². The van der Waals surface area contributed by atoms with Gasteiger partial charge in [0, 0.05) is 35.0 Å². The summed E-state index contributed by atoms with van der Waals surface area (Å²) in [6, 6.07) is 3.83. The number of pyridine rings is 1. The Morgan fingerprint density at radius 2 is 2.35 bits per heavy atom. The average Bonchev–Trinajstić information content (AvgIpc) is 2.66. The Kier molecular flexibility index (Phi) is 3.79. The highest BCUT2D eigenvalue weighted by molar-refractivity contribution is 7.84. The zero-order valence-corrected chi connectivity index (χ0v) is 11.3. The van der Waals surface area contributed by atoms with Gasteiger partial charge in [0.1, 0.15) is 11.3 Å². The molecule has 0 aliphatic carbocycles. The number of hydrogen-bond acceptors (Lipinski definition) is 3. The van der Waals surface area contributed by atoms with Gasteiger partial charge in [-0.1, -0.05) is 0 Å². The first-order valence-electron chi connectivity index (χ1n) is 5.31. The van der Waals surface area contributed by atoms with Gasteiger partial charge in [0.25, 0.3) is 0 Å². The molecule has 0 spiro atoms. The number of halogens is 1. The molecule has 0 radical (unpaired) electrons. The Morgan fingerprint density at radius 3 is 3.00 bits per heavy atom. The van der Waals surface area contributed by atoms with Crippen molar-refractivity contribution < 1.29 is 4.21 Å². The first-order chi connectivity index (χ1) is 8.13. The fraction of sp³-hybridized carbons (Fsp3) is 0.455. The van der Waals surface area contributed by atoms with Crippen LogP contribution in [0.4, 0.5) is 0 Å². The summed E-state index contributed by atoms with van der Waals surface area (Å²) in [6.45, 7) is 2.01. The first-order valence-corrected chi connectivity index (χ1v) is 7.57. The van der Waals surface area contributed by atoms with Crippen molar-refractivity contribution in [2.24, 2.45) is 0 Å². The molecule has 4 nitrogen and oxygen atoms in total. The molecule has 17 heavy (non-hydrogen) atoms. The Hall–Kier alpha value is -0.940. The number of fused-ring (bicyclic) bond motifs is 1. The third kappa shape index (κ3) is 2.50. The second-order valence-electron chi connectivity index (χ2n) is 3.97. The summed E-state index contributed by atoms with van der Waals surface area (Å²) < 4.78 is 13.3. The lowest BCUT2D eigenvalue weighted by Gasteiger charge is -2.14. The molecule has 0 aliphatic heterocycles. The minimum absolute atomic E-state index is 0.0782. The van der Waals surface area contributed by atoms with Gasteiger partial charge in [-0.05, 0) is 19.1 Å². The van der Waals surface area contributed by atoms with Crippen molar-refractivity contribution in [3.8, 4) is 0 Å². The van der Waals surface area contributed by atoms with Crippen LogP contribution >= 0.6 is 11.6 Å². The standard InChI is InChI=1S/C11H14ClN3OS/c1-8(7-17(2)16)15-10(6-12)14-9-4-3-5-13-11(9)15/h3-5,8H,6-7H2,1-2H3. The third-order valence-corrected chi connectivity index (χ3v) is 3.75. The van der Waals surface area contributed by atoms with Gasteiger partial charge in [-0.3, -0.25) is 4.21 Å². The van der Waals surface area contributed by atoms with Crippen molar-refractivity contribution in [2.75, 3.05) is 12.0 Å². The molecule has 0 saturated carbocycles. The summed E-state index contributed by atoms with van der Waals surface area (Å²) in [7, 11) is -0.853. The molecule has 2 aromatic rings. The third-order valence-electron chi connectivity index (χ3n) is 2.56. The van der Waals surface area contributed by atoms with Crippen LogP contribution in [0.2, 0.25) is 0 Å². The molecule has 92 valence electrons. The molecule has 2 heterocycles. The van der Waals surface area contributed by atoms with Crippen LogP contribution in [-0.2, 0) is 16.7 Å². The van der Waals surface area contributed by atoms with E-state index in [2.05, 4.69) is 9.97 Å². The predicted octanol–water partition coefficient (Wildman–Crippen LogP) is 2.11. The Labute approximate surface area is 107 Å².